The lowest BCUT2D eigenvalue weighted by Crippen LogP contribution is -2.07. The molecule has 0 amide bonds. The second-order valence-electron chi connectivity index (χ2n) is 11.9. The first-order valence-corrected chi connectivity index (χ1v) is 16.0. The fourth-order valence-electron chi connectivity index (χ4n) is 6.38. The SMILES string of the molecule is CC1=C=C(c2cccnc2)N=C(c2cccc(-c3cccc(-c4nc5c(nc6ccccn65)c5ccccc45)c3)c2)N=C1c1ccncc1. The van der Waals surface area contributed by atoms with Gasteiger partial charge < -0.3 is 0 Å². The lowest BCUT2D eigenvalue weighted by molar-refractivity contribution is 1.19. The normalized spacial score (nSPS) is 13.2. The molecule has 0 spiro atoms. The maximum Gasteiger partial charge on any atom is 0.165 e. The van der Waals surface area contributed by atoms with Gasteiger partial charge in [0.1, 0.15) is 16.9 Å². The smallest absolute Gasteiger partial charge is 0.165 e. The van der Waals surface area contributed by atoms with Crippen LogP contribution in [0.25, 0.3) is 55.7 Å². The van der Waals surface area contributed by atoms with Crippen molar-refractivity contribution in [3.63, 3.8) is 0 Å². The minimum Gasteiger partial charge on any atom is -0.284 e. The summed E-state index contributed by atoms with van der Waals surface area (Å²) in [6.07, 6.45) is 9.13. The maximum absolute atomic E-state index is 5.22. The zero-order valence-electron chi connectivity index (χ0n) is 26.5. The number of aliphatic imine (C=N–C) groups is 2. The molecule has 0 unspecified atom stereocenters. The average molecular weight is 630 g/mol. The van der Waals surface area contributed by atoms with Crippen molar-refractivity contribution in [2.75, 3.05) is 0 Å². The van der Waals surface area contributed by atoms with Gasteiger partial charge in [0.25, 0.3) is 0 Å². The second kappa shape index (κ2) is 11.8. The summed E-state index contributed by atoms with van der Waals surface area (Å²) in [5, 5.41) is 2.14. The maximum atomic E-state index is 5.22. The minimum absolute atomic E-state index is 0.596. The van der Waals surface area contributed by atoms with E-state index in [0.29, 0.717) is 11.5 Å². The molecule has 1 aliphatic rings. The van der Waals surface area contributed by atoms with E-state index in [2.05, 4.69) is 92.9 Å². The van der Waals surface area contributed by atoms with Gasteiger partial charge in [0, 0.05) is 69.6 Å². The highest BCUT2D eigenvalue weighted by atomic mass is 15.1. The summed E-state index contributed by atoms with van der Waals surface area (Å²) in [4.78, 5) is 28.9. The van der Waals surface area contributed by atoms with Gasteiger partial charge in [-0.05, 0) is 66.6 Å². The molecule has 1 aliphatic heterocycles. The van der Waals surface area contributed by atoms with Crippen molar-refractivity contribution in [2.24, 2.45) is 9.98 Å². The first kappa shape index (κ1) is 28.4. The molecule has 9 rings (SSSR count). The number of fused-ring (bicyclic) bond motifs is 5. The van der Waals surface area contributed by atoms with Crippen LogP contribution in [0.15, 0.2) is 168 Å². The third-order valence-corrected chi connectivity index (χ3v) is 8.74. The molecule has 0 aliphatic carbocycles. The number of rotatable bonds is 5. The molecule has 5 aromatic heterocycles. The number of pyridine rings is 4. The van der Waals surface area contributed by atoms with Gasteiger partial charge in [0.2, 0.25) is 0 Å². The summed E-state index contributed by atoms with van der Waals surface area (Å²) in [6, 6.07) is 39.1. The predicted octanol–water partition coefficient (Wildman–Crippen LogP) is 9.00. The van der Waals surface area contributed by atoms with Crippen molar-refractivity contribution >= 4 is 44.8 Å². The van der Waals surface area contributed by atoms with Crippen LogP contribution in [0.4, 0.5) is 0 Å². The molecule has 230 valence electrons. The highest BCUT2D eigenvalue weighted by molar-refractivity contribution is 6.21. The molecule has 3 aromatic carbocycles. The number of allylic oxidation sites excluding steroid dienone is 1. The van der Waals surface area contributed by atoms with E-state index in [1.807, 2.05) is 55.6 Å². The van der Waals surface area contributed by atoms with Gasteiger partial charge >= 0.3 is 0 Å². The summed E-state index contributed by atoms with van der Waals surface area (Å²) in [5.74, 6) is 0.596. The second-order valence-corrected chi connectivity index (χ2v) is 11.9. The lowest BCUT2D eigenvalue weighted by Gasteiger charge is -2.11. The molecule has 0 fully saturated rings. The van der Waals surface area contributed by atoms with E-state index >= 15 is 0 Å². The van der Waals surface area contributed by atoms with E-state index in [1.165, 1.54) is 0 Å². The zero-order chi connectivity index (χ0) is 32.7. The topological polar surface area (TPSA) is 80.7 Å². The van der Waals surface area contributed by atoms with Gasteiger partial charge in [0.05, 0.1) is 11.4 Å². The molecule has 0 saturated carbocycles. The van der Waals surface area contributed by atoms with Crippen LogP contribution in [0, 0.1) is 0 Å². The van der Waals surface area contributed by atoms with E-state index < -0.39 is 0 Å². The van der Waals surface area contributed by atoms with E-state index in [0.717, 1.165) is 77.9 Å². The molecule has 0 N–H and O–H groups in total. The van der Waals surface area contributed by atoms with Gasteiger partial charge in [-0.2, -0.15) is 0 Å². The Morgan fingerprint density at radius 1 is 0.571 bits per heavy atom. The molecular weight excluding hydrogens is 603 g/mol. The Kier molecular flexibility index (Phi) is 6.82. The Morgan fingerprint density at radius 2 is 1.31 bits per heavy atom. The van der Waals surface area contributed by atoms with E-state index in [9.17, 15) is 0 Å². The number of amidine groups is 1. The third kappa shape index (κ3) is 5.11. The summed E-state index contributed by atoms with van der Waals surface area (Å²) in [7, 11) is 0. The van der Waals surface area contributed by atoms with E-state index in [4.69, 9.17) is 20.0 Å². The van der Waals surface area contributed by atoms with E-state index in [1.54, 1.807) is 24.8 Å². The highest BCUT2D eigenvalue weighted by Crippen LogP contribution is 2.34. The van der Waals surface area contributed by atoms with Crippen molar-refractivity contribution < 1.29 is 0 Å². The summed E-state index contributed by atoms with van der Waals surface area (Å²) >= 11 is 0. The molecule has 0 saturated heterocycles. The Labute approximate surface area is 282 Å². The monoisotopic (exact) mass is 629 g/mol. The zero-order valence-corrected chi connectivity index (χ0v) is 26.5. The molecule has 6 heterocycles. The molecule has 7 nitrogen and oxygen atoms in total. The largest absolute Gasteiger partial charge is 0.284 e. The van der Waals surface area contributed by atoms with Crippen LogP contribution in [-0.4, -0.2) is 35.9 Å². The fraction of sp³-hybridized carbons (Fsp3) is 0.0238. The summed E-state index contributed by atoms with van der Waals surface area (Å²) in [6.45, 7) is 2.01. The van der Waals surface area contributed by atoms with Crippen molar-refractivity contribution in [3.05, 3.63) is 174 Å². The number of aromatic nitrogens is 5. The standard InChI is InChI=1S/C42H27N7/c1-27-23-36(33-13-8-19-44-26-33)45-41(47-38(27)28-17-20-43-21-18-28)32-12-7-10-30(25-32)29-9-6-11-31(24-29)39-34-14-2-3-15-35(34)40-42(48-39)49-22-5-4-16-37(49)46-40/h2-22,24-26H,1H3. The molecule has 0 bridgehead atoms. The first-order valence-electron chi connectivity index (χ1n) is 16.0. The van der Waals surface area contributed by atoms with Crippen LogP contribution in [-0.2, 0) is 0 Å². The Hall–Kier alpha value is -6.82. The van der Waals surface area contributed by atoms with Crippen LogP contribution in [0.3, 0.4) is 0 Å². The molecule has 0 radical (unpaired) electrons. The Balaban J connectivity index is 1.17. The van der Waals surface area contributed by atoms with Gasteiger partial charge in [-0.25, -0.2) is 20.0 Å². The lowest BCUT2D eigenvalue weighted by atomic mass is 9.97. The summed E-state index contributed by atoms with van der Waals surface area (Å²) < 4.78 is 2.05. The number of hydrogen-bond acceptors (Lipinski definition) is 6. The van der Waals surface area contributed by atoms with Gasteiger partial charge in [-0.15, -0.1) is 0 Å². The summed E-state index contributed by atoms with van der Waals surface area (Å²) in [5.41, 5.74) is 15.2. The van der Waals surface area contributed by atoms with Gasteiger partial charge in [0.15, 0.2) is 11.5 Å². The molecule has 0 atom stereocenters. The first-order chi connectivity index (χ1) is 24.2. The highest BCUT2D eigenvalue weighted by Gasteiger charge is 2.18. The predicted molar refractivity (Wildman–Crippen MR) is 197 cm³/mol. The van der Waals surface area contributed by atoms with E-state index in [-0.39, 0.29) is 0 Å². The van der Waals surface area contributed by atoms with Crippen LogP contribution in [0.1, 0.15) is 23.6 Å². The van der Waals surface area contributed by atoms with Crippen molar-refractivity contribution in [3.8, 4) is 22.4 Å². The third-order valence-electron chi connectivity index (χ3n) is 8.74. The molecule has 8 aromatic rings. The quantitative estimate of drug-likeness (QED) is 0.178. The Morgan fingerprint density at radius 3 is 2.12 bits per heavy atom. The van der Waals surface area contributed by atoms with Gasteiger partial charge in [-0.1, -0.05) is 72.5 Å². The number of benzene rings is 3. The number of hydrogen-bond donors (Lipinski definition) is 0. The van der Waals surface area contributed by atoms with Crippen molar-refractivity contribution in [2.45, 2.75) is 6.92 Å². The van der Waals surface area contributed by atoms with Crippen LogP contribution < -0.4 is 0 Å². The van der Waals surface area contributed by atoms with Crippen LogP contribution >= 0.6 is 0 Å². The number of imidazole rings is 1. The van der Waals surface area contributed by atoms with Crippen LogP contribution in [0.5, 0.6) is 0 Å². The van der Waals surface area contributed by atoms with Crippen molar-refractivity contribution in [1.82, 2.24) is 24.3 Å². The number of nitrogens with zero attached hydrogens (tertiary/aromatic N) is 7. The fourth-order valence-corrected chi connectivity index (χ4v) is 6.38. The molecular formula is C42H27N7. The molecule has 49 heavy (non-hydrogen) atoms. The van der Waals surface area contributed by atoms with Crippen LogP contribution in [0.2, 0.25) is 0 Å². The van der Waals surface area contributed by atoms with Gasteiger partial charge in [-0.3, -0.25) is 14.4 Å². The average Bonchev–Trinajstić information content (AvgIpc) is 3.45. The Bertz CT molecular complexity index is 2700. The van der Waals surface area contributed by atoms with Crippen molar-refractivity contribution in [1.29, 1.82) is 0 Å². The molecule has 7 heteroatoms. The minimum atomic E-state index is 0.596.